The second kappa shape index (κ2) is 18.2. The molecule has 3 rings (SSSR count). The number of rotatable bonds is 15. The van der Waals surface area contributed by atoms with Crippen molar-refractivity contribution < 1.29 is 19.2 Å². The van der Waals surface area contributed by atoms with E-state index < -0.39 is 0 Å². The van der Waals surface area contributed by atoms with E-state index in [9.17, 15) is 19.2 Å². The van der Waals surface area contributed by atoms with Gasteiger partial charge in [-0.3, -0.25) is 19.2 Å². The highest BCUT2D eigenvalue weighted by Gasteiger charge is 2.34. The summed E-state index contributed by atoms with van der Waals surface area (Å²) in [4.78, 5) is 51.5. The van der Waals surface area contributed by atoms with Crippen molar-refractivity contribution in [2.24, 2.45) is 17.8 Å². The highest BCUT2D eigenvalue weighted by atomic mass is 16.1. The van der Waals surface area contributed by atoms with Gasteiger partial charge in [0.25, 0.3) is 0 Å². The van der Waals surface area contributed by atoms with Gasteiger partial charge in [0.05, 0.1) is 6.42 Å². The summed E-state index contributed by atoms with van der Waals surface area (Å²) in [6.45, 7) is 18.4. The van der Waals surface area contributed by atoms with Gasteiger partial charge in [-0.1, -0.05) is 98.1 Å². The summed E-state index contributed by atoms with van der Waals surface area (Å²) in [6.07, 6.45) is 7.72. The van der Waals surface area contributed by atoms with Crippen LogP contribution in [0.3, 0.4) is 0 Å². The van der Waals surface area contributed by atoms with E-state index in [2.05, 4.69) is 59.7 Å². The van der Waals surface area contributed by atoms with Crippen LogP contribution in [0.2, 0.25) is 0 Å². The second-order valence-electron chi connectivity index (χ2n) is 13.4. The van der Waals surface area contributed by atoms with E-state index in [0.717, 1.165) is 66.3 Å². The summed E-state index contributed by atoms with van der Waals surface area (Å²) < 4.78 is 0. The number of hydrogen-bond acceptors (Lipinski definition) is 4. The third-order valence-electron chi connectivity index (χ3n) is 9.07. The van der Waals surface area contributed by atoms with Gasteiger partial charge in [-0.2, -0.15) is 0 Å². The van der Waals surface area contributed by atoms with Crippen LogP contribution in [0.15, 0.2) is 30.3 Å². The topological polar surface area (TPSA) is 68.3 Å². The zero-order chi connectivity index (χ0) is 33.0. The van der Waals surface area contributed by atoms with Crippen molar-refractivity contribution in [3.05, 3.63) is 69.3 Å². The Morgan fingerprint density at radius 3 is 2.05 bits per heavy atom. The third kappa shape index (κ3) is 10.3. The van der Waals surface area contributed by atoms with Gasteiger partial charge in [-0.25, -0.2) is 0 Å². The number of ketones is 4. The van der Waals surface area contributed by atoms with Gasteiger partial charge >= 0.3 is 0 Å². The maximum Gasteiger partial charge on any atom is 0.163 e. The van der Waals surface area contributed by atoms with E-state index >= 15 is 0 Å². The number of fused-ring (bicyclic) bond motifs is 1. The predicted octanol–water partition coefficient (Wildman–Crippen LogP) is 9.58. The fraction of sp³-hybridized carbons (Fsp3) is 0.600. The highest BCUT2D eigenvalue weighted by Crippen LogP contribution is 2.40. The summed E-state index contributed by atoms with van der Waals surface area (Å²) in [6, 6.07) is 10.4. The predicted molar refractivity (Wildman–Crippen MR) is 183 cm³/mol. The molecule has 1 aliphatic rings. The lowest BCUT2D eigenvalue weighted by molar-refractivity contribution is -0.130. The van der Waals surface area contributed by atoms with Gasteiger partial charge in [0.15, 0.2) is 5.78 Å². The molecule has 0 saturated heterocycles. The average Bonchev–Trinajstić information content (AvgIpc) is 2.95. The van der Waals surface area contributed by atoms with Gasteiger partial charge in [0.2, 0.25) is 0 Å². The minimum atomic E-state index is -0.131. The van der Waals surface area contributed by atoms with Crippen LogP contribution in [-0.4, -0.2) is 23.1 Å². The van der Waals surface area contributed by atoms with E-state index in [4.69, 9.17) is 0 Å². The van der Waals surface area contributed by atoms with Crippen LogP contribution < -0.4 is 0 Å². The maximum atomic E-state index is 13.7. The molecule has 4 nitrogen and oxygen atoms in total. The average molecular weight is 603 g/mol. The Balaban J connectivity index is 0.00000216. The van der Waals surface area contributed by atoms with Crippen molar-refractivity contribution in [1.82, 2.24) is 0 Å². The fourth-order valence-electron chi connectivity index (χ4n) is 6.98. The summed E-state index contributed by atoms with van der Waals surface area (Å²) in [7, 11) is 0. The van der Waals surface area contributed by atoms with Gasteiger partial charge in [-0.15, -0.1) is 0 Å². The molecule has 1 aliphatic carbocycles. The normalized spacial score (nSPS) is 15.7. The molecule has 44 heavy (non-hydrogen) atoms. The molecule has 2 aromatic rings. The van der Waals surface area contributed by atoms with Gasteiger partial charge < -0.3 is 0 Å². The lowest BCUT2D eigenvalue weighted by Gasteiger charge is -2.33. The Labute approximate surface area is 267 Å². The van der Waals surface area contributed by atoms with E-state index in [1.54, 1.807) is 0 Å². The zero-order valence-corrected chi connectivity index (χ0v) is 29.1. The minimum absolute atomic E-state index is 0.00733. The molecular weight excluding hydrogens is 544 g/mol. The first-order chi connectivity index (χ1) is 20.9. The van der Waals surface area contributed by atoms with Crippen LogP contribution in [0.1, 0.15) is 150 Å². The van der Waals surface area contributed by atoms with Gasteiger partial charge in [-0.05, 0) is 90.7 Å². The van der Waals surface area contributed by atoms with Crippen LogP contribution >= 0.6 is 0 Å². The summed E-state index contributed by atoms with van der Waals surface area (Å²) >= 11 is 0. The van der Waals surface area contributed by atoms with Crippen LogP contribution in [0.25, 0.3) is 0 Å². The van der Waals surface area contributed by atoms with E-state index in [1.165, 1.54) is 24.5 Å². The summed E-state index contributed by atoms with van der Waals surface area (Å²) in [5.41, 5.74) is 7.36. The first-order valence-corrected chi connectivity index (χ1v) is 17.2. The molecule has 0 bridgehead atoms. The number of benzene rings is 2. The van der Waals surface area contributed by atoms with Crippen molar-refractivity contribution in [3.8, 4) is 0 Å². The molecule has 0 radical (unpaired) electrons. The summed E-state index contributed by atoms with van der Waals surface area (Å²) in [5, 5.41) is 0. The van der Waals surface area contributed by atoms with E-state index in [0.29, 0.717) is 19.3 Å². The Morgan fingerprint density at radius 1 is 0.909 bits per heavy atom. The Kier molecular flexibility index (Phi) is 15.4. The Bertz CT molecular complexity index is 1270. The lowest BCUT2D eigenvalue weighted by Crippen LogP contribution is -2.30. The number of aryl methyl sites for hydroxylation is 1. The number of carbonyl (C=O) groups is 4. The van der Waals surface area contributed by atoms with Crippen molar-refractivity contribution >= 4 is 23.1 Å². The molecule has 0 aliphatic heterocycles. The highest BCUT2D eigenvalue weighted by molar-refractivity contribution is 6.01. The molecular formula is C40H58O4. The molecule has 0 aromatic heterocycles. The molecule has 0 heterocycles. The standard InChI is InChI=1S/C37H50O4.C3H8/c1-8-11-29(32(10-3)35(40)16-24(6)38)17-28-19-34-33(23(4)5)22-30(25(7)37(34)36(41)20-28)21-31(39)18-27-14-12-26(9-2)13-15-27;1-3-2/h12-15,22-23,28-29,32H,8-11,16-21H2,1-7H3;3H2,1-2H3. The number of Topliss-reactive ketones (excluding diaryl/α,β-unsaturated/α-hetero) is 4. The van der Waals surface area contributed by atoms with Crippen LogP contribution in [0.5, 0.6) is 0 Å². The molecule has 242 valence electrons. The first-order valence-electron chi connectivity index (χ1n) is 17.2. The van der Waals surface area contributed by atoms with E-state index in [1.807, 2.05) is 26.0 Å². The largest absolute Gasteiger partial charge is 0.300 e. The van der Waals surface area contributed by atoms with Crippen molar-refractivity contribution in [2.75, 3.05) is 0 Å². The molecule has 2 aromatic carbocycles. The molecule has 0 saturated carbocycles. The number of hydrogen-bond donors (Lipinski definition) is 0. The summed E-state index contributed by atoms with van der Waals surface area (Å²) in [5.74, 6) is 0.771. The second-order valence-corrected chi connectivity index (χ2v) is 13.4. The van der Waals surface area contributed by atoms with Crippen LogP contribution in [0, 0.1) is 24.7 Å². The molecule has 0 fully saturated rings. The van der Waals surface area contributed by atoms with Crippen LogP contribution in [-0.2, 0) is 40.1 Å². The van der Waals surface area contributed by atoms with Crippen LogP contribution in [0.4, 0.5) is 0 Å². The molecule has 0 N–H and O–H groups in total. The molecule has 3 atom stereocenters. The van der Waals surface area contributed by atoms with Crippen molar-refractivity contribution in [2.45, 2.75) is 139 Å². The molecule has 4 heteroatoms. The fourth-order valence-corrected chi connectivity index (χ4v) is 6.98. The Morgan fingerprint density at radius 2 is 1.52 bits per heavy atom. The van der Waals surface area contributed by atoms with E-state index in [-0.39, 0.29) is 53.2 Å². The smallest absolute Gasteiger partial charge is 0.163 e. The number of carbonyl (C=O) groups excluding carboxylic acids is 4. The first kappa shape index (κ1) is 37.3. The van der Waals surface area contributed by atoms with Gasteiger partial charge in [0.1, 0.15) is 17.3 Å². The maximum absolute atomic E-state index is 13.7. The quantitative estimate of drug-likeness (QED) is 0.190. The third-order valence-corrected chi connectivity index (χ3v) is 9.07. The SMILES string of the molecule is CCC.CCCC(CC1CC(=O)c2c(C)c(CC(=O)Cc3ccc(CC)cc3)cc(C(C)C)c2C1)C(CC)C(=O)CC(C)=O. The monoisotopic (exact) mass is 602 g/mol. The lowest BCUT2D eigenvalue weighted by atomic mass is 9.70. The van der Waals surface area contributed by atoms with Crippen molar-refractivity contribution in [3.63, 3.8) is 0 Å². The molecule has 3 unspecified atom stereocenters. The Hall–Kier alpha value is -2.88. The molecule has 0 amide bonds. The van der Waals surface area contributed by atoms with Crippen molar-refractivity contribution in [1.29, 1.82) is 0 Å². The minimum Gasteiger partial charge on any atom is -0.300 e. The van der Waals surface area contributed by atoms with Gasteiger partial charge in [0, 0.05) is 30.7 Å². The molecule has 0 spiro atoms. The zero-order valence-electron chi connectivity index (χ0n) is 29.1.